The van der Waals surface area contributed by atoms with Gasteiger partial charge in [0.1, 0.15) is 0 Å². The van der Waals surface area contributed by atoms with E-state index >= 15 is 0 Å². The fourth-order valence-corrected chi connectivity index (χ4v) is 3.29. The molecule has 106 valence electrons. The van der Waals surface area contributed by atoms with Gasteiger partial charge in [-0.25, -0.2) is 0 Å². The highest BCUT2D eigenvalue weighted by Crippen LogP contribution is 2.30. The van der Waals surface area contributed by atoms with E-state index < -0.39 is 0 Å². The van der Waals surface area contributed by atoms with Crippen molar-refractivity contribution in [2.45, 2.75) is 33.7 Å². The molecule has 1 N–H and O–H groups in total. The fraction of sp³-hybridized carbons (Fsp3) is 0.333. The van der Waals surface area contributed by atoms with Crippen molar-refractivity contribution >= 4 is 22.7 Å². The zero-order chi connectivity index (χ0) is 14.9. The average molecular weight is 290 g/mol. The van der Waals surface area contributed by atoms with Crippen LogP contribution in [0.15, 0.2) is 24.3 Å². The molecule has 1 atom stereocenters. The number of nitro benzene ring substituents is 1. The third-order valence-corrected chi connectivity index (χ3v) is 4.33. The van der Waals surface area contributed by atoms with Crippen molar-refractivity contribution < 1.29 is 4.92 Å². The lowest BCUT2D eigenvalue weighted by Crippen LogP contribution is -2.08. The van der Waals surface area contributed by atoms with Crippen molar-refractivity contribution in [2.24, 2.45) is 0 Å². The highest BCUT2D eigenvalue weighted by Gasteiger charge is 2.14. The maximum absolute atomic E-state index is 10.9. The van der Waals surface area contributed by atoms with Crippen LogP contribution in [0.1, 0.15) is 33.8 Å². The maximum atomic E-state index is 10.9. The Bertz CT molecular complexity index is 649. The first-order valence-electron chi connectivity index (χ1n) is 6.47. The molecule has 0 radical (unpaired) electrons. The molecule has 4 nitrogen and oxygen atoms in total. The Balaban J connectivity index is 2.27. The SMILES string of the molecule is Cc1cc(C(C)Nc2cc([N+](=O)[O-])ccc2C)c(C)s1. The second kappa shape index (κ2) is 5.63. The minimum Gasteiger partial charge on any atom is -0.378 e. The lowest BCUT2D eigenvalue weighted by atomic mass is 10.1. The van der Waals surface area contributed by atoms with Gasteiger partial charge < -0.3 is 5.32 Å². The zero-order valence-electron chi connectivity index (χ0n) is 12.1. The van der Waals surface area contributed by atoms with E-state index in [9.17, 15) is 10.1 Å². The fourth-order valence-electron chi connectivity index (χ4n) is 2.27. The van der Waals surface area contributed by atoms with Gasteiger partial charge in [-0.1, -0.05) is 6.07 Å². The highest BCUT2D eigenvalue weighted by atomic mass is 32.1. The van der Waals surface area contributed by atoms with Gasteiger partial charge in [0.05, 0.1) is 4.92 Å². The van der Waals surface area contributed by atoms with Crippen molar-refractivity contribution in [3.8, 4) is 0 Å². The molecular formula is C15H18N2O2S. The summed E-state index contributed by atoms with van der Waals surface area (Å²) < 4.78 is 0. The van der Waals surface area contributed by atoms with Gasteiger partial charge in [-0.15, -0.1) is 11.3 Å². The predicted octanol–water partition coefficient (Wildman–Crippen LogP) is 4.75. The summed E-state index contributed by atoms with van der Waals surface area (Å²) in [6.07, 6.45) is 0. The predicted molar refractivity (Wildman–Crippen MR) is 83.7 cm³/mol. The third kappa shape index (κ3) is 2.99. The highest BCUT2D eigenvalue weighted by molar-refractivity contribution is 7.12. The number of benzene rings is 1. The third-order valence-electron chi connectivity index (χ3n) is 3.35. The standard InChI is InChI=1S/C15H18N2O2S/c1-9-5-6-13(17(18)19)8-15(9)16-11(3)14-7-10(2)20-12(14)4/h5-8,11,16H,1-4H3. The van der Waals surface area contributed by atoms with Gasteiger partial charge >= 0.3 is 0 Å². The van der Waals surface area contributed by atoms with E-state index in [4.69, 9.17) is 0 Å². The van der Waals surface area contributed by atoms with E-state index in [1.54, 1.807) is 23.5 Å². The van der Waals surface area contributed by atoms with Gasteiger partial charge in [-0.05, 0) is 44.9 Å². The number of nitro groups is 1. The Hall–Kier alpha value is -1.88. The van der Waals surface area contributed by atoms with Gasteiger partial charge in [0.15, 0.2) is 0 Å². The molecule has 1 aromatic heterocycles. The van der Waals surface area contributed by atoms with Gasteiger partial charge in [0.2, 0.25) is 0 Å². The van der Waals surface area contributed by atoms with Crippen LogP contribution < -0.4 is 5.32 Å². The summed E-state index contributed by atoms with van der Waals surface area (Å²) in [4.78, 5) is 13.1. The van der Waals surface area contributed by atoms with Gasteiger partial charge in [0.25, 0.3) is 5.69 Å². The van der Waals surface area contributed by atoms with Gasteiger partial charge in [-0.2, -0.15) is 0 Å². The van der Waals surface area contributed by atoms with Crippen LogP contribution in [-0.2, 0) is 0 Å². The number of nitrogens with one attached hydrogen (secondary N) is 1. The van der Waals surface area contributed by atoms with Crippen LogP contribution in [0.25, 0.3) is 0 Å². The Labute approximate surface area is 122 Å². The summed E-state index contributed by atoms with van der Waals surface area (Å²) in [5.41, 5.74) is 3.18. The summed E-state index contributed by atoms with van der Waals surface area (Å²) in [5.74, 6) is 0. The first-order chi connectivity index (χ1) is 9.38. The van der Waals surface area contributed by atoms with E-state index in [1.807, 2.05) is 6.92 Å². The van der Waals surface area contributed by atoms with Crippen molar-refractivity contribution in [3.05, 3.63) is 55.3 Å². The molecule has 0 aliphatic carbocycles. The molecule has 0 saturated heterocycles. The van der Waals surface area contributed by atoms with E-state index in [-0.39, 0.29) is 16.7 Å². The summed E-state index contributed by atoms with van der Waals surface area (Å²) in [5, 5.41) is 14.2. The zero-order valence-corrected chi connectivity index (χ0v) is 12.9. The van der Waals surface area contributed by atoms with Crippen LogP contribution in [0, 0.1) is 30.9 Å². The molecule has 2 rings (SSSR count). The largest absolute Gasteiger partial charge is 0.378 e. The number of thiophene rings is 1. The summed E-state index contributed by atoms with van der Waals surface area (Å²) in [7, 11) is 0. The second-order valence-electron chi connectivity index (χ2n) is 4.99. The molecule has 2 aromatic rings. The van der Waals surface area contributed by atoms with Gasteiger partial charge in [-0.3, -0.25) is 10.1 Å². The number of non-ortho nitro benzene ring substituents is 1. The Kier molecular flexibility index (Phi) is 4.09. The van der Waals surface area contributed by atoms with E-state index in [2.05, 4.69) is 32.2 Å². The van der Waals surface area contributed by atoms with Crippen LogP contribution >= 0.6 is 11.3 Å². The van der Waals surface area contributed by atoms with Gasteiger partial charge in [0, 0.05) is 33.6 Å². The van der Waals surface area contributed by atoms with E-state index in [0.717, 1.165) is 11.3 Å². The van der Waals surface area contributed by atoms with Crippen molar-refractivity contribution in [1.82, 2.24) is 0 Å². The smallest absolute Gasteiger partial charge is 0.271 e. The van der Waals surface area contributed by atoms with Crippen LogP contribution in [0.4, 0.5) is 11.4 Å². The summed E-state index contributed by atoms with van der Waals surface area (Å²) in [6.45, 7) is 8.22. The first-order valence-corrected chi connectivity index (χ1v) is 7.28. The quantitative estimate of drug-likeness (QED) is 0.652. The molecule has 1 unspecified atom stereocenters. The topological polar surface area (TPSA) is 55.2 Å². The lowest BCUT2D eigenvalue weighted by molar-refractivity contribution is -0.384. The Morgan fingerprint density at radius 3 is 2.50 bits per heavy atom. The number of rotatable bonds is 4. The minimum atomic E-state index is -0.366. The van der Waals surface area contributed by atoms with Crippen LogP contribution in [0.2, 0.25) is 0 Å². The van der Waals surface area contributed by atoms with Crippen molar-refractivity contribution in [2.75, 3.05) is 5.32 Å². The second-order valence-corrected chi connectivity index (χ2v) is 6.45. The number of aryl methyl sites for hydroxylation is 3. The first kappa shape index (κ1) is 14.5. The molecule has 0 bridgehead atoms. The molecule has 0 aliphatic heterocycles. The van der Waals surface area contributed by atoms with Crippen LogP contribution in [0.3, 0.4) is 0 Å². The monoisotopic (exact) mass is 290 g/mol. The number of hydrogen-bond acceptors (Lipinski definition) is 4. The minimum absolute atomic E-state index is 0.114. The molecule has 5 heteroatoms. The molecule has 0 saturated carbocycles. The molecule has 0 spiro atoms. The Morgan fingerprint density at radius 1 is 1.25 bits per heavy atom. The van der Waals surface area contributed by atoms with Crippen molar-refractivity contribution in [1.29, 1.82) is 0 Å². The van der Waals surface area contributed by atoms with E-state index in [1.165, 1.54) is 21.4 Å². The van der Waals surface area contributed by atoms with Crippen molar-refractivity contribution in [3.63, 3.8) is 0 Å². The molecule has 1 aromatic carbocycles. The van der Waals surface area contributed by atoms with Crippen LogP contribution in [0.5, 0.6) is 0 Å². The molecule has 0 aliphatic rings. The van der Waals surface area contributed by atoms with Crippen LogP contribution in [-0.4, -0.2) is 4.92 Å². The normalized spacial score (nSPS) is 12.2. The molecule has 0 amide bonds. The molecule has 20 heavy (non-hydrogen) atoms. The number of nitrogens with zero attached hydrogens (tertiary/aromatic N) is 1. The van der Waals surface area contributed by atoms with E-state index in [0.29, 0.717) is 0 Å². The number of hydrogen-bond donors (Lipinski definition) is 1. The average Bonchev–Trinajstić information content (AvgIpc) is 2.71. The molecule has 1 heterocycles. The number of anilines is 1. The molecule has 0 fully saturated rings. The lowest BCUT2D eigenvalue weighted by Gasteiger charge is -2.17. The summed E-state index contributed by atoms with van der Waals surface area (Å²) >= 11 is 1.77. The molecular weight excluding hydrogens is 272 g/mol. The maximum Gasteiger partial charge on any atom is 0.271 e. The Morgan fingerprint density at radius 2 is 1.95 bits per heavy atom. The summed E-state index contributed by atoms with van der Waals surface area (Å²) in [6, 6.07) is 7.20.